The number of carboxylic acids is 1. The molecule has 100 valence electrons. The number of aromatic nitrogens is 2. The highest BCUT2D eigenvalue weighted by Crippen LogP contribution is 2.11. The lowest BCUT2D eigenvalue weighted by Crippen LogP contribution is -2.32. The second-order valence-corrected chi connectivity index (χ2v) is 4.27. The molecule has 1 aromatic heterocycles. The third-order valence-electron chi connectivity index (χ3n) is 2.94. The van der Waals surface area contributed by atoms with Gasteiger partial charge in [0.25, 0.3) is 0 Å². The maximum absolute atomic E-state index is 11.8. The molecule has 1 aromatic rings. The van der Waals surface area contributed by atoms with E-state index in [9.17, 15) is 9.59 Å². The number of methoxy groups -OCH3 is 1. The molecular weight excluding hydrogens is 236 g/mol. The lowest BCUT2D eigenvalue weighted by molar-refractivity contribution is -0.136. The Morgan fingerprint density at radius 2 is 2.11 bits per heavy atom. The van der Waals surface area contributed by atoms with Crippen molar-refractivity contribution < 1.29 is 14.6 Å². The van der Waals surface area contributed by atoms with Crippen molar-refractivity contribution in [2.75, 3.05) is 7.11 Å². The second-order valence-electron chi connectivity index (χ2n) is 4.27. The maximum Gasteiger partial charge on any atom is 0.348 e. The predicted octanol–water partition coefficient (Wildman–Crippen LogP) is 0.522. The Hall–Kier alpha value is -1.69. The molecule has 0 aromatic carbocycles. The van der Waals surface area contributed by atoms with Gasteiger partial charge in [0, 0.05) is 24.1 Å². The molecule has 0 spiro atoms. The van der Waals surface area contributed by atoms with E-state index in [1.807, 2.05) is 6.92 Å². The van der Waals surface area contributed by atoms with E-state index in [0.717, 1.165) is 0 Å². The van der Waals surface area contributed by atoms with E-state index in [1.54, 1.807) is 21.0 Å². The third-order valence-corrected chi connectivity index (χ3v) is 2.94. The van der Waals surface area contributed by atoms with Crippen LogP contribution in [0.1, 0.15) is 23.9 Å². The van der Waals surface area contributed by atoms with Gasteiger partial charge >= 0.3 is 11.7 Å². The molecule has 6 nitrogen and oxygen atoms in total. The number of carbonyl (C=O) groups is 1. The molecule has 0 saturated heterocycles. The highest BCUT2D eigenvalue weighted by atomic mass is 16.5. The zero-order valence-electron chi connectivity index (χ0n) is 11.1. The van der Waals surface area contributed by atoms with E-state index in [2.05, 4.69) is 4.98 Å². The highest BCUT2D eigenvalue weighted by molar-refractivity contribution is 5.70. The number of aryl methyl sites for hydroxylation is 1. The smallest absolute Gasteiger partial charge is 0.348 e. The van der Waals surface area contributed by atoms with Gasteiger partial charge in [0.05, 0.1) is 19.1 Å². The van der Waals surface area contributed by atoms with E-state index in [-0.39, 0.29) is 18.2 Å². The largest absolute Gasteiger partial charge is 0.481 e. The minimum absolute atomic E-state index is 0.133. The van der Waals surface area contributed by atoms with Crippen LogP contribution in [-0.4, -0.2) is 33.8 Å². The standard InChI is InChI=1S/C12H18N2O4/c1-7(18-4)6-14-9(3)10(5-11(15)16)8(2)13-12(14)17/h7H,5-6H2,1-4H3,(H,15,16). The van der Waals surface area contributed by atoms with Gasteiger partial charge in [-0.2, -0.15) is 4.98 Å². The van der Waals surface area contributed by atoms with Crippen LogP contribution in [0.2, 0.25) is 0 Å². The van der Waals surface area contributed by atoms with Crippen LogP contribution in [0.15, 0.2) is 4.79 Å². The quantitative estimate of drug-likeness (QED) is 0.828. The first kappa shape index (κ1) is 14.4. The van der Waals surface area contributed by atoms with Crippen molar-refractivity contribution in [3.05, 3.63) is 27.4 Å². The molecule has 1 unspecified atom stereocenters. The molecule has 0 amide bonds. The summed E-state index contributed by atoms with van der Waals surface area (Å²) in [6.45, 7) is 5.58. The van der Waals surface area contributed by atoms with Crippen molar-refractivity contribution in [3.63, 3.8) is 0 Å². The normalized spacial score (nSPS) is 12.4. The Labute approximate surface area is 105 Å². The predicted molar refractivity (Wildman–Crippen MR) is 65.8 cm³/mol. The van der Waals surface area contributed by atoms with Crippen molar-refractivity contribution in [3.8, 4) is 0 Å². The topological polar surface area (TPSA) is 81.4 Å². The number of carboxylic acid groups (broad SMARTS) is 1. The van der Waals surface area contributed by atoms with Gasteiger partial charge in [0.15, 0.2) is 0 Å². The molecule has 0 saturated carbocycles. The summed E-state index contributed by atoms with van der Waals surface area (Å²) in [6, 6.07) is 0. The van der Waals surface area contributed by atoms with Crippen molar-refractivity contribution >= 4 is 5.97 Å². The number of hydrogen-bond acceptors (Lipinski definition) is 4. The van der Waals surface area contributed by atoms with Crippen LogP contribution in [0.25, 0.3) is 0 Å². The number of nitrogens with zero attached hydrogens (tertiary/aromatic N) is 2. The lowest BCUT2D eigenvalue weighted by atomic mass is 10.1. The summed E-state index contributed by atoms with van der Waals surface area (Å²) in [5.41, 5.74) is 1.33. The van der Waals surface area contributed by atoms with Crippen LogP contribution in [0, 0.1) is 13.8 Å². The van der Waals surface area contributed by atoms with E-state index < -0.39 is 5.97 Å². The molecule has 0 aliphatic carbocycles. The number of rotatable bonds is 5. The van der Waals surface area contributed by atoms with Crippen molar-refractivity contribution in [1.29, 1.82) is 0 Å². The van der Waals surface area contributed by atoms with Gasteiger partial charge in [-0.15, -0.1) is 0 Å². The molecular formula is C12H18N2O4. The van der Waals surface area contributed by atoms with Crippen LogP contribution >= 0.6 is 0 Å². The summed E-state index contributed by atoms with van der Waals surface area (Å²) in [6.07, 6.45) is -0.268. The Balaban J connectivity index is 3.26. The first-order valence-electron chi connectivity index (χ1n) is 5.68. The molecule has 0 aliphatic rings. The summed E-state index contributed by atoms with van der Waals surface area (Å²) in [7, 11) is 1.56. The van der Waals surface area contributed by atoms with Crippen molar-refractivity contribution in [1.82, 2.24) is 9.55 Å². The summed E-state index contributed by atoms with van der Waals surface area (Å²) < 4.78 is 6.57. The molecule has 0 aliphatic heterocycles. The Bertz CT molecular complexity index is 508. The van der Waals surface area contributed by atoms with E-state index in [1.165, 1.54) is 4.57 Å². The third kappa shape index (κ3) is 3.16. The van der Waals surface area contributed by atoms with Gasteiger partial charge < -0.3 is 9.84 Å². The summed E-state index contributed by atoms with van der Waals surface area (Å²) in [5.74, 6) is -0.937. The van der Waals surface area contributed by atoms with Gasteiger partial charge in [-0.05, 0) is 20.8 Å². The maximum atomic E-state index is 11.8. The Morgan fingerprint density at radius 1 is 1.50 bits per heavy atom. The fourth-order valence-corrected chi connectivity index (χ4v) is 1.79. The zero-order valence-corrected chi connectivity index (χ0v) is 11.1. The summed E-state index contributed by atoms with van der Waals surface area (Å²) in [5, 5.41) is 8.86. The number of ether oxygens (including phenoxy) is 1. The summed E-state index contributed by atoms with van der Waals surface area (Å²) in [4.78, 5) is 26.5. The zero-order chi connectivity index (χ0) is 13.9. The molecule has 0 fully saturated rings. The van der Waals surface area contributed by atoms with Gasteiger partial charge in [0.2, 0.25) is 0 Å². The summed E-state index contributed by atoms with van der Waals surface area (Å²) >= 11 is 0. The molecule has 1 N–H and O–H groups in total. The van der Waals surface area contributed by atoms with E-state index in [0.29, 0.717) is 23.5 Å². The monoisotopic (exact) mass is 254 g/mol. The van der Waals surface area contributed by atoms with E-state index in [4.69, 9.17) is 9.84 Å². The van der Waals surface area contributed by atoms with Gasteiger partial charge in [-0.3, -0.25) is 9.36 Å². The van der Waals surface area contributed by atoms with Crippen LogP contribution in [0.4, 0.5) is 0 Å². The average Bonchev–Trinajstić information content (AvgIpc) is 2.29. The average molecular weight is 254 g/mol. The minimum Gasteiger partial charge on any atom is -0.481 e. The molecule has 0 bridgehead atoms. The molecule has 1 heterocycles. The van der Waals surface area contributed by atoms with Gasteiger partial charge in [-0.1, -0.05) is 0 Å². The van der Waals surface area contributed by atoms with Gasteiger partial charge in [-0.25, -0.2) is 4.79 Å². The van der Waals surface area contributed by atoms with Crippen molar-refractivity contribution in [2.45, 2.75) is 39.8 Å². The first-order chi connectivity index (χ1) is 8.36. The Kier molecular flexibility index (Phi) is 4.61. The molecule has 0 radical (unpaired) electrons. The SMILES string of the molecule is COC(C)Cn1c(C)c(CC(=O)O)c(C)nc1=O. The second kappa shape index (κ2) is 5.77. The van der Waals surface area contributed by atoms with Crippen LogP contribution < -0.4 is 5.69 Å². The van der Waals surface area contributed by atoms with Crippen LogP contribution in [-0.2, 0) is 22.5 Å². The van der Waals surface area contributed by atoms with Crippen LogP contribution in [0.3, 0.4) is 0 Å². The number of hydrogen-bond donors (Lipinski definition) is 1. The minimum atomic E-state index is -0.937. The molecule has 18 heavy (non-hydrogen) atoms. The lowest BCUT2D eigenvalue weighted by Gasteiger charge is -2.17. The molecule has 6 heteroatoms. The highest BCUT2D eigenvalue weighted by Gasteiger charge is 2.15. The van der Waals surface area contributed by atoms with Crippen LogP contribution in [0.5, 0.6) is 0 Å². The molecule has 1 atom stereocenters. The first-order valence-corrected chi connectivity index (χ1v) is 5.68. The van der Waals surface area contributed by atoms with E-state index >= 15 is 0 Å². The number of aliphatic carboxylic acids is 1. The fraction of sp³-hybridized carbons (Fsp3) is 0.583. The van der Waals surface area contributed by atoms with Gasteiger partial charge in [0.1, 0.15) is 0 Å². The fourth-order valence-electron chi connectivity index (χ4n) is 1.79. The molecule has 1 rings (SSSR count). The van der Waals surface area contributed by atoms with Crippen molar-refractivity contribution in [2.24, 2.45) is 0 Å². The Morgan fingerprint density at radius 3 is 2.61 bits per heavy atom.